The molecule has 0 radical (unpaired) electrons. The van der Waals surface area contributed by atoms with E-state index in [9.17, 15) is 4.79 Å². The molecule has 3 rings (SSSR count). The Morgan fingerprint density at radius 2 is 2.08 bits per heavy atom. The van der Waals surface area contributed by atoms with Gasteiger partial charge in [0.15, 0.2) is 0 Å². The summed E-state index contributed by atoms with van der Waals surface area (Å²) in [5.41, 5.74) is 0.486. The van der Waals surface area contributed by atoms with Crippen LogP contribution in [-0.2, 0) is 0 Å². The SMILES string of the molecule is COc1ccc(Cl)cc1C(=O)N1CCC(Oc2ccncn2)CC1. The van der Waals surface area contributed by atoms with E-state index in [1.165, 1.54) is 6.33 Å². The fourth-order valence-electron chi connectivity index (χ4n) is 2.71. The zero-order chi connectivity index (χ0) is 16.9. The van der Waals surface area contributed by atoms with Crippen molar-refractivity contribution in [1.82, 2.24) is 14.9 Å². The van der Waals surface area contributed by atoms with Gasteiger partial charge in [-0.2, -0.15) is 0 Å². The minimum atomic E-state index is -0.0742. The highest BCUT2D eigenvalue weighted by Gasteiger charge is 2.26. The van der Waals surface area contributed by atoms with Gasteiger partial charge in [0.2, 0.25) is 5.88 Å². The molecule has 2 aromatic rings. The van der Waals surface area contributed by atoms with Gasteiger partial charge in [-0.15, -0.1) is 0 Å². The summed E-state index contributed by atoms with van der Waals surface area (Å²) in [6, 6.07) is 6.79. The van der Waals surface area contributed by atoms with Crippen LogP contribution in [0.1, 0.15) is 23.2 Å². The van der Waals surface area contributed by atoms with Gasteiger partial charge in [-0.25, -0.2) is 9.97 Å². The van der Waals surface area contributed by atoms with Gasteiger partial charge in [-0.05, 0) is 18.2 Å². The van der Waals surface area contributed by atoms with Crippen LogP contribution in [0.5, 0.6) is 11.6 Å². The van der Waals surface area contributed by atoms with Crippen LogP contribution in [0.15, 0.2) is 36.8 Å². The molecule has 7 heteroatoms. The highest BCUT2D eigenvalue weighted by Crippen LogP contribution is 2.26. The molecule has 1 saturated heterocycles. The lowest BCUT2D eigenvalue weighted by Gasteiger charge is -2.32. The van der Waals surface area contributed by atoms with Gasteiger partial charge in [0.05, 0.1) is 12.7 Å². The Labute approximate surface area is 145 Å². The van der Waals surface area contributed by atoms with E-state index in [1.807, 2.05) is 0 Å². The molecule has 0 saturated carbocycles. The molecule has 1 fully saturated rings. The number of piperidine rings is 1. The summed E-state index contributed by atoms with van der Waals surface area (Å²) in [7, 11) is 1.54. The molecule has 2 heterocycles. The highest BCUT2D eigenvalue weighted by atomic mass is 35.5. The first-order valence-corrected chi connectivity index (χ1v) is 8.10. The van der Waals surface area contributed by atoms with Crippen molar-refractivity contribution in [2.45, 2.75) is 18.9 Å². The molecule has 6 nitrogen and oxygen atoms in total. The van der Waals surface area contributed by atoms with Crippen LogP contribution in [0.3, 0.4) is 0 Å². The molecule has 0 unspecified atom stereocenters. The van der Waals surface area contributed by atoms with Gasteiger partial charge >= 0.3 is 0 Å². The van der Waals surface area contributed by atoms with Crippen molar-refractivity contribution in [2.75, 3.05) is 20.2 Å². The summed E-state index contributed by atoms with van der Waals surface area (Å²) < 4.78 is 11.1. The average molecular weight is 348 g/mol. The number of amides is 1. The van der Waals surface area contributed by atoms with Crippen molar-refractivity contribution in [3.8, 4) is 11.6 Å². The third-order valence-electron chi connectivity index (χ3n) is 3.96. The Balaban J connectivity index is 1.62. The lowest BCUT2D eigenvalue weighted by atomic mass is 10.1. The molecule has 24 heavy (non-hydrogen) atoms. The van der Waals surface area contributed by atoms with Crippen molar-refractivity contribution < 1.29 is 14.3 Å². The zero-order valence-corrected chi connectivity index (χ0v) is 14.1. The Hall–Kier alpha value is -2.34. The minimum absolute atomic E-state index is 0.0465. The smallest absolute Gasteiger partial charge is 0.257 e. The van der Waals surface area contributed by atoms with E-state index in [2.05, 4.69) is 9.97 Å². The Bertz CT molecular complexity index is 703. The van der Waals surface area contributed by atoms with Crippen LogP contribution in [0, 0.1) is 0 Å². The number of aromatic nitrogens is 2. The van der Waals surface area contributed by atoms with E-state index < -0.39 is 0 Å². The first kappa shape index (κ1) is 16.5. The standard InChI is InChI=1S/C17H18ClN3O3/c1-23-15-3-2-12(18)10-14(15)17(22)21-8-5-13(6-9-21)24-16-4-7-19-11-20-16/h2-4,7,10-11,13H,5-6,8-9H2,1H3. The molecule has 1 aliphatic heterocycles. The second kappa shape index (κ2) is 7.49. The second-order valence-corrected chi connectivity index (χ2v) is 5.94. The zero-order valence-electron chi connectivity index (χ0n) is 13.3. The molecular formula is C17H18ClN3O3. The topological polar surface area (TPSA) is 64.5 Å². The highest BCUT2D eigenvalue weighted by molar-refractivity contribution is 6.31. The quantitative estimate of drug-likeness (QED) is 0.851. The number of hydrogen-bond acceptors (Lipinski definition) is 5. The Morgan fingerprint density at radius 1 is 1.29 bits per heavy atom. The number of ether oxygens (including phenoxy) is 2. The summed E-state index contributed by atoms with van der Waals surface area (Å²) in [5, 5.41) is 0.515. The Kier molecular flexibility index (Phi) is 5.15. The van der Waals surface area contributed by atoms with Crippen LogP contribution in [0.4, 0.5) is 0 Å². The van der Waals surface area contributed by atoms with E-state index in [1.54, 1.807) is 42.5 Å². The molecule has 0 spiro atoms. The summed E-state index contributed by atoms with van der Waals surface area (Å²) in [6.45, 7) is 1.23. The van der Waals surface area contributed by atoms with E-state index in [-0.39, 0.29) is 12.0 Å². The van der Waals surface area contributed by atoms with Gasteiger partial charge in [0.1, 0.15) is 18.2 Å². The van der Waals surface area contributed by atoms with Gasteiger partial charge < -0.3 is 14.4 Å². The molecule has 0 aliphatic carbocycles. The van der Waals surface area contributed by atoms with Crippen molar-refractivity contribution in [2.24, 2.45) is 0 Å². The maximum absolute atomic E-state index is 12.7. The number of carbonyl (C=O) groups excluding carboxylic acids is 1. The lowest BCUT2D eigenvalue weighted by molar-refractivity contribution is 0.0585. The summed E-state index contributed by atoms with van der Waals surface area (Å²) in [6.07, 6.45) is 4.65. The summed E-state index contributed by atoms with van der Waals surface area (Å²) in [5.74, 6) is 1.02. The lowest BCUT2D eigenvalue weighted by Crippen LogP contribution is -2.42. The number of nitrogens with zero attached hydrogens (tertiary/aromatic N) is 3. The van der Waals surface area contributed by atoms with Gasteiger partial charge in [0, 0.05) is 43.2 Å². The van der Waals surface area contributed by atoms with Crippen LogP contribution in [0.25, 0.3) is 0 Å². The maximum Gasteiger partial charge on any atom is 0.257 e. The first-order valence-electron chi connectivity index (χ1n) is 7.73. The van der Waals surface area contributed by atoms with E-state index in [0.717, 1.165) is 12.8 Å². The molecule has 0 bridgehead atoms. The summed E-state index contributed by atoms with van der Waals surface area (Å²) in [4.78, 5) is 22.4. The largest absolute Gasteiger partial charge is 0.496 e. The maximum atomic E-state index is 12.7. The van der Waals surface area contributed by atoms with Crippen LogP contribution in [0.2, 0.25) is 5.02 Å². The van der Waals surface area contributed by atoms with E-state index >= 15 is 0 Å². The van der Waals surface area contributed by atoms with Gasteiger partial charge in [-0.1, -0.05) is 11.6 Å². The minimum Gasteiger partial charge on any atom is -0.496 e. The third-order valence-corrected chi connectivity index (χ3v) is 4.20. The van der Waals surface area contributed by atoms with Crippen LogP contribution in [-0.4, -0.2) is 47.1 Å². The fraction of sp³-hybridized carbons (Fsp3) is 0.353. The molecule has 1 aliphatic rings. The van der Waals surface area contributed by atoms with E-state index in [4.69, 9.17) is 21.1 Å². The van der Waals surface area contributed by atoms with Crippen molar-refractivity contribution in [3.63, 3.8) is 0 Å². The number of carbonyl (C=O) groups is 1. The molecule has 126 valence electrons. The number of likely N-dealkylation sites (tertiary alicyclic amines) is 1. The normalized spacial score (nSPS) is 15.2. The molecule has 0 atom stereocenters. The summed E-state index contributed by atoms with van der Waals surface area (Å²) >= 11 is 6.01. The molecule has 1 aromatic heterocycles. The van der Waals surface area contributed by atoms with Crippen molar-refractivity contribution in [3.05, 3.63) is 47.4 Å². The second-order valence-electron chi connectivity index (χ2n) is 5.50. The Morgan fingerprint density at radius 3 is 2.75 bits per heavy atom. The van der Waals surface area contributed by atoms with Gasteiger partial charge in [0.25, 0.3) is 5.91 Å². The monoisotopic (exact) mass is 347 g/mol. The first-order chi connectivity index (χ1) is 11.7. The van der Waals surface area contributed by atoms with Crippen molar-refractivity contribution in [1.29, 1.82) is 0 Å². The fourth-order valence-corrected chi connectivity index (χ4v) is 2.89. The van der Waals surface area contributed by atoms with Crippen LogP contribution < -0.4 is 9.47 Å². The third kappa shape index (κ3) is 3.76. The molecule has 0 N–H and O–H groups in total. The number of hydrogen-bond donors (Lipinski definition) is 0. The van der Waals surface area contributed by atoms with Crippen LogP contribution >= 0.6 is 11.6 Å². The predicted molar refractivity (Wildman–Crippen MR) is 89.6 cm³/mol. The van der Waals surface area contributed by atoms with Crippen molar-refractivity contribution >= 4 is 17.5 Å². The van der Waals surface area contributed by atoms with Gasteiger partial charge in [-0.3, -0.25) is 4.79 Å². The molecule has 1 aromatic carbocycles. The number of methoxy groups -OCH3 is 1. The predicted octanol–water partition coefficient (Wildman–Crippen LogP) is 2.82. The molecular weight excluding hydrogens is 330 g/mol. The molecule has 1 amide bonds. The number of benzene rings is 1. The number of rotatable bonds is 4. The van der Waals surface area contributed by atoms with E-state index in [0.29, 0.717) is 35.3 Å². The average Bonchev–Trinajstić information content (AvgIpc) is 2.62. The number of halogens is 1.